The molecule has 0 aromatic carbocycles. The zero-order valence-electron chi connectivity index (χ0n) is 12.0. The predicted octanol–water partition coefficient (Wildman–Crippen LogP) is 2.14. The van der Waals surface area contributed by atoms with Crippen molar-refractivity contribution in [2.45, 2.75) is 45.1 Å². The Bertz CT molecular complexity index is 284. The van der Waals surface area contributed by atoms with Crippen LogP contribution in [0.1, 0.15) is 39.0 Å². The maximum Gasteiger partial charge on any atom is 0.222 e. The van der Waals surface area contributed by atoms with E-state index in [1.54, 1.807) is 0 Å². The van der Waals surface area contributed by atoms with Crippen molar-refractivity contribution in [3.63, 3.8) is 0 Å². The highest BCUT2D eigenvalue weighted by atomic mass is 127. The molecule has 2 heterocycles. The molecule has 0 aliphatic carbocycles. The van der Waals surface area contributed by atoms with Gasteiger partial charge in [0.25, 0.3) is 0 Å². The van der Waals surface area contributed by atoms with Crippen molar-refractivity contribution in [1.29, 1.82) is 0 Å². The summed E-state index contributed by atoms with van der Waals surface area (Å²) in [5, 5.41) is 0. The summed E-state index contributed by atoms with van der Waals surface area (Å²) in [5.41, 5.74) is 0. The summed E-state index contributed by atoms with van der Waals surface area (Å²) >= 11 is 2.42. The van der Waals surface area contributed by atoms with Gasteiger partial charge in [0.15, 0.2) is 0 Å². The van der Waals surface area contributed by atoms with Gasteiger partial charge in [-0.3, -0.25) is 9.69 Å². The molecular formula is C14H26IN3O. The lowest BCUT2D eigenvalue weighted by Gasteiger charge is -2.41. The van der Waals surface area contributed by atoms with Crippen molar-refractivity contribution in [2.24, 2.45) is 0 Å². The summed E-state index contributed by atoms with van der Waals surface area (Å²) in [6.07, 6.45) is 5.46. The first-order chi connectivity index (χ1) is 9.20. The van der Waals surface area contributed by atoms with E-state index in [4.69, 9.17) is 0 Å². The molecule has 19 heavy (non-hydrogen) atoms. The Labute approximate surface area is 131 Å². The predicted molar refractivity (Wildman–Crippen MR) is 86.3 cm³/mol. The number of hydrogen-bond acceptors (Lipinski definition) is 3. The molecule has 2 aliphatic rings. The fourth-order valence-corrected chi connectivity index (χ4v) is 3.58. The van der Waals surface area contributed by atoms with Crippen LogP contribution in [0.15, 0.2) is 0 Å². The first-order valence-corrected chi connectivity index (χ1v) is 8.59. The second-order valence-electron chi connectivity index (χ2n) is 5.66. The van der Waals surface area contributed by atoms with Gasteiger partial charge in [0.05, 0.1) is 0 Å². The average Bonchev–Trinajstić information content (AvgIpc) is 2.46. The molecule has 2 saturated heterocycles. The van der Waals surface area contributed by atoms with Gasteiger partial charge < -0.3 is 4.90 Å². The smallest absolute Gasteiger partial charge is 0.222 e. The number of hydrogen-bond donors (Lipinski definition) is 0. The topological polar surface area (TPSA) is 26.8 Å². The van der Waals surface area contributed by atoms with Crippen molar-refractivity contribution in [3.8, 4) is 0 Å². The van der Waals surface area contributed by atoms with Crippen molar-refractivity contribution < 1.29 is 4.79 Å². The number of piperazine rings is 1. The lowest BCUT2D eigenvalue weighted by atomic mass is 10.0. The molecule has 2 aliphatic heterocycles. The first-order valence-electron chi connectivity index (χ1n) is 7.63. The van der Waals surface area contributed by atoms with E-state index in [-0.39, 0.29) is 0 Å². The molecule has 1 amide bonds. The van der Waals surface area contributed by atoms with Crippen LogP contribution in [0.3, 0.4) is 0 Å². The molecule has 0 aromatic rings. The van der Waals surface area contributed by atoms with Gasteiger partial charge in [0, 0.05) is 74.6 Å². The van der Waals surface area contributed by atoms with Crippen LogP contribution >= 0.6 is 22.9 Å². The molecule has 4 nitrogen and oxygen atoms in total. The number of amides is 1. The Hall–Kier alpha value is 0.120. The second kappa shape index (κ2) is 7.78. The molecule has 110 valence electrons. The molecule has 0 saturated carbocycles. The van der Waals surface area contributed by atoms with Gasteiger partial charge in [-0.25, -0.2) is 3.11 Å². The average molecular weight is 379 g/mol. The maximum atomic E-state index is 12.0. The normalized spacial score (nSPS) is 23.8. The molecule has 0 bridgehead atoms. The summed E-state index contributed by atoms with van der Waals surface area (Å²) in [7, 11) is 0. The number of carbonyl (C=O) groups is 1. The number of rotatable bonds is 4. The van der Waals surface area contributed by atoms with Crippen LogP contribution in [-0.4, -0.2) is 64.1 Å². The SMILES string of the molecule is CCCCC(=O)N1CCN(C2CCN(I)CC2)CC1. The van der Waals surface area contributed by atoms with Crippen LogP contribution in [0.2, 0.25) is 0 Å². The summed E-state index contributed by atoms with van der Waals surface area (Å²) in [5.74, 6) is 0.364. The zero-order chi connectivity index (χ0) is 13.7. The third-order valence-electron chi connectivity index (χ3n) is 4.34. The van der Waals surface area contributed by atoms with Crippen LogP contribution in [-0.2, 0) is 4.79 Å². The lowest BCUT2D eigenvalue weighted by molar-refractivity contribution is -0.133. The number of halogens is 1. The van der Waals surface area contributed by atoms with Crippen molar-refractivity contribution in [1.82, 2.24) is 12.9 Å². The maximum absolute atomic E-state index is 12.0. The van der Waals surface area contributed by atoms with Crippen LogP contribution in [0.4, 0.5) is 0 Å². The van der Waals surface area contributed by atoms with Crippen molar-refractivity contribution >= 4 is 28.8 Å². The highest BCUT2D eigenvalue weighted by molar-refractivity contribution is 14.1. The minimum Gasteiger partial charge on any atom is -0.340 e. The largest absolute Gasteiger partial charge is 0.340 e. The van der Waals surface area contributed by atoms with E-state index in [0.29, 0.717) is 5.91 Å². The van der Waals surface area contributed by atoms with E-state index >= 15 is 0 Å². The van der Waals surface area contributed by atoms with Gasteiger partial charge in [-0.15, -0.1) is 0 Å². The van der Waals surface area contributed by atoms with Crippen LogP contribution in [0.5, 0.6) is 0 Å². The van der Waals surface area contributed by atoms with Gasteiger partial charge in [-0.2, -0.15) is 0 Å². The van der Waals surface area contributed by atoms with Gasteiger partial charge in [-0.05, 0) is 19.3 Å². The Balaban J connectivity index is 1.71. The molecule has 0 radical (unpaired) electrons. The summed E-state index contributed by atoms with van der Waals surface area (Å²) < 4.78 is 2.39. The van der Waals surface area contributed by atoms with Gasteiger partial charge in [0.2, 0.25) is 5.91 Å². The monoisotopic (exact) mass is 379 g/mol. The molecule has 2 fully saturated rings. The van der Waals surface area contributed by atoms with Crippen LogP contribution < -0.4 is 0 Å². The van der Waals surface area contributed by atoms with E-state index in [9.17, 15) is 4.79 Å². The highest BCUT2D eigenvalue weighted by Gasteiger charge is 2.27. The van der Waals surface area contributed by atoms with E-state index in [2.05, 4.69) is 42.7 Å². The van der Waals surface area contributed by atoms with Gasteiger partial charge in [-0.1, -0.05) is 13.3 Å². The fourth-order valence-electron chi connectivity index (χ4n) is 3.02. The zero-order valence-corrected chi connectivity index (χ0v) is 14.1. The molecule has 0 N–H and O–H groups in total. The lowest BCUT2D eigenvalue weighted by Crippen LogP contribution is -2.53. The minimum absolute atomic E-state index is 0.364. The Morgan fingerprint density at radius 1 is 1.11 bits per heavy atom. The van der Waals surface area contributed by atoms with E-state index < -0.39 is 0 Å². The van der Waals surface area contributed by atoms with Gasteiger partial charge >= 0.3 is 0 Å². The standard InChI is InChI=1S/C14H26IN3O/c1-2-3-4-14(19)17-11-9-16(10-12-17)13-5-7-18(15)8-6-13/h13H,2-12H2,1H3. The summed E-state index contributed by atoms with van der Waals surface area (Å²) in [6.45, 7) is 8.58. The molecular weight excluding hydrogens is 353 g/mol. The van der Waals surface area contributed by atoms with E-state index in [1.165, 1.54) is 25.9 Å². The number of carbonyl (C=O) groups excluding carboxylic acids is 1. The minimum atomic E-state index is 0.364. The van der Waals surface area contributed by atoms with E-state index in [1.807, 2.05) is 0 Å². The third kappa shape index (κ3) is 4.56. The Morgan fingerprint density at radius 2 is 1.74 bits per heavy atom. The van der Waals surface area contributed by atoms with Crippen molar-refractivity contribution in [2.75, 3.05) is 39.3 Å². The van der Waals surface area contributed by atoms with Crippen molar-refractivity contribution in [3.05, 3.63) is 0 Å². The highest BCUT2D eigenvalue weighted by Crippen LogP contribution is 2.20. The van der Waals surface area contributed by atoms with Crippen LogP contribution in [0.25, 0.3) is 0 Å². The fraction of sp³-hybridized carbons (Fsp3) is 0.929. The third-order valence-corrected chi connectivity index (χ3v) is 5.30. The molecule has 2 rings (SSSR count). The summed E-state index contributed by atoms with van der Waals surface area (Å²) in [4.78, 5) is 16.7. The quantitative estimate of drug-likeness (QED) is 0.553. The second-order valence-corrected chi connectivity index (χ2v) is 7.03. The Morgan fingerprint density at radius 3 is 2.32 bits per heavy atom. The molecule has 0 unspecified atom stereocenters. The number of unbranched alkanes of at least 4 members (excludes halogenated alkanes) is 1. The number of nitrogens with zero attached hydrogens (tertiary/aromatic N) is 3. The molecule has 5 heteroatoms. The molecule has 0 spiro atoms. The number of piperidine rings is 1. The van der Waals surface area contributed by atoms with Gasteiger partial charge in [0.1, 0.15) is 0 Å². The molecule has 0 aromatic heterocycles. The van der Waals surface area contributed by atoms with E-state index in [0.717, 1.165) is 51.5 Å². The first kappa shape index (κ1) is 15.5. The molecule has 0 atom stereocenters. The van der Waals surface area contributed by atoms with Crippen LogP contribution in [0, 0.1) is 0 Å². The summed E-state index contributed by atoms with van der Waals surface area (Å²) in [6, 6.07) is 0.749. The Kier molecular flexibility index (Phi) is 6.35.